The average Bonchev–Trinajstić information content (AvgIpc) is 2.29. The largest absolute Gasteiger partial charge is 0.355 e. The van der Waals surface area contributed by atoms with E-state index in [1.54, 1.807) is 37.3 Å². The molecule has 0 aliphatic carbocycles. The summed E-state index contributed by atoms with van der Waals surface area (Å²) in [5, 5.41) is 2.54. The molecule has 0 bridgehead atoms. The van der Waals surface area contributed by atoms with Crippen molar-refractivity contribution < 1.29 is 13.2 Å². The zero-order chi connectivity index (χ0) is 13.6. The fourth-order valence-corrected chi connectivity index (χ4v) is 2.61. The molecule has 0 saturated carbocycles. The fourth-order valence-electron chi connectivity index (χ4n) is 1.44. The topological polar surface area (TPSA) is 89.3 Å². The van der Waals surface area contributed by atoms with Gasteiger partial charge < -0.3 is 11.1 Å². The highest BCUT2D eigenvalue weighted by Crippen LogP contribution is 2.09. The molecule has 0 heterocycles. The van der Waals surface area contributed by atoms with E-state index in [-0.39, 0.29) is 48.0 Å². The number of nitrogens with two attached hydrogens (primary N) is 1. The molecular weight excluding hydrogens is 288 g/mol. The van der Waals surface area contributed by atoms with E-state index >= 15 is 0 Å². The zero-order valence-electron chi connectivity index (χ0n) is 10.7. The van der Waals surface area contributed by atoms with Gasteiger partial charge in [-0.2, -0.15) is 0 Å². The number of benzene rings is 1. The maximum Gasteiger partial charge on any atom is 0.221 e. The Kier molecular flexibility index (Phi) is 7.66. The summed E-state index contributed by atoms with van der Waals surface area (Å²) in [4.78, 5) is 11.6. The molecular formula is C12H19ClN2O3S. The summed E-state index contributed by atoms with van der Waals surface area (Å²) in [5.74, 6) is -0.338. The maximum atomic E-state index is 11.9. The van der Waals surface area contributed by atoms with Crippen molar-refractivity contribution in [1.82, 2.24) is 5.32 Å². The van der Waals surface area contributed by atoms with Crippen LogP contribution in [-0.2, 0) is 14.6 Å². The van der Waals surface area contributed by atoms with Gasteiger partial charge in [-0.1, -0.05) is 18.2 Å². The number of hydrogen-bond donors (Lipinski definition) is 2. The minimum Gasteiger partial charge on any atom is -0.355 e. The molecule has 0 aromatic heterocycles. The fraction of sp³-hybridized carbons (Fsp3) is 0.417. The van der Waals surface area contributed by atoms with Gasteiger partial charge in [0.25, 0.3) is 0 Å². The van der Waals surface area contributed by atoms with E-state index in [9.17, 15) is 13.2 Å². The number of carbonyl (C=O) groups is 1. The Morgan fingerprint density at radius 2 is 1.89 bits per heavy atom. The van der Waals surface area contributed by atoms with Crippen LogP contribution in [0.25, 0.3) is 0 Å². The van der Waals surface area contributed by atoms with E-state index in [4.69, 9.17) is 5.73 Å². The molecule has 1 rings (SSSR count). The Morgan fingerprint density at radius 3 is 2.42 bits per heavy atom. The van der Waals surface area contributed by atoms with E-state index in [0.29, 0.717) is 0 Å². The molecule has 3 N–H and O–H groups in total. The summed E-state index contributed by atoms with van der Waals surface area (Å²) in [6.07, 6.45) is 0.200. The summed E-state index contributed by atoms with van der Waals surface area (Å²) in [6, 6.07) is 7.95. The van der Waals surface area contributed by atoms with Crippen LogP contribution in [0.5, 0.6) is 0 Å². The second-order valence-corrected chi connectivity index (χ2v) is 6.27. The lowest BCUT2D eigenvalue weighted by atomic mass is 10.2. The van der Waals surface area contributed by atoms with Crippen molar-refractivity contribution >= 4 is 28.2 Å². The molecule has 7 heteroatoms. The van der Waals surface area contributed by atoms with Crippen molar-refractivity contribution in [3.8, 4) is 0 Å². The molecule has 1 aromatic carbocycles. The van der Waals surface area contributed by atoms with Crippen LogP contribution in [0.1, 0.15) is 13.3 Å². The summed E-state index contributed by atoms with van der Waals surface area (Å²) in [5.41, 5.74) is 5.46. The average molecular weight is 307 g/mol. The van der Waals surface area contributed by atoms with Crippen LogP contribution in [0, 0.1) is 0 Å². The first kappa shape index (κ1) is 17.9. The Hall–Kier alpha value is -1.11. The maximum absolute atomic E-state index is 11.9. The molecule has 1 unspecified atom stereocenters. The smallest absolute Gasteiger partial charge is 0.221 e. The van der Waals surface area contributed by atoms with Gasteiger partial charge in [0, 0.05) is 19.0 Å². The number of rotatable bonds is 6. The lowest BCUT2D eigenvalue weighted by Gasteiger charge is -2.08. The van der Waals surface area contributed by atoms with Gasteiger partial charge in [0.1, 0.15) is 0 Å². The number of carbonyl (C=O) groups excluding carboxylic acids is 1. The molecule has 1 atom stereocenters. The van der Waals surface area contributed by atoms with Crippen LogP contribution in [0.2, 0.25) is 0 Å². The Labute approximate surface area is 119 Å². The first-order chi connectivity index (χ1) is 8.42. The second kappa shape index (κ2) is 8.14. The van der Waals surface area contributed by atoms with Gasteiger partial charge >= 0.3 is 0 Å². The number of nitrogens with one attached hydrogen (secondary N) is 1. The van der Waals surface area contributed by atoms with Gasteiger partial charge in [0.05, 0.1) is 10.6 Å². The Bertz CT molecular complexity index is 489. The molecule has 19 heavy (non-hydrogen) atoms. The lowest BCUT2D eigenvalue weighted by Crippen LogP contribution is -2.33. The van der Waals surface area contributed by atoms with E-state index in [1.165, 1.54) is 0 Å². The zero-order valence-corrected chi connectivity index (χ0v) is 12.3. The summed E-state index contributed by atoms with van der Waals surface area (Å²) in [7, 11) is -3.33. The van der Waals surface area contributed by atoms with Crippen LogP contribution in [0.15, 0.2) is 35.2 Å². The minimum atomic E-state index is -3.33. The number of hydrogen-bond acceptors (Lipinski definition) is 4. The van der Waals surface area contributed by atoms with Crippen LogP contribution in [0.3, 0.4) is 0 Å². The third kappa shape index (κ3) is 6.56. The monoisotopic (exact) mass is 306 g/mol. The molecule has 5 nitrogen and oxygen atoms in total. The van der Waals surface area contributed by atoms with Crippen molar-refractivity contribution in [3.63, 3.8) is 0 Å². The van der Waals surface area contributed by atoms with Crippen LogP contribution < -0.4 is 11.1 Å². The molecule has 0 aliphatic rings. The summed E-state index contributed by atoms with van der Waals surface area (Å²) in [6.45, 7) is 1.82. The van der Waals surface area contributed by atoms with Gasteiger partial charge in [-0.25, -0.2) is 8.42 Å². The Morgan fingerprint density at radius 1 is 1.32 bits per heavy atom. The van der Waals surface area contributed by atoms with Gasteiger partial charge in [-0.15, -0.1) is 12.4 Å². The number of sulfone groups is 1. The molecule has 1 aromatic rings. The SMILES string of the molecule is CC(N)CC(=O)NCCS(=O)(=O)c1ccccc1.Cl. The van der Waals surface area contributed by atoms with Crippen molar-refractivity contribution in [2.75, 3.05) is 12.3 Å². The summed E-state index contributed by atoms with van der Waals surface area (Å²) >= 11 is 0. The van der Waals surface area contributed by atoms with Crippen molar-refractivity contribution in [3.05, 3.63) is 30.3 Å². The molecule has 0 spiro atoms. The van der Waals surface area contributed by atoms with Crippen molar-refractivity contribution in [1.29, 1.82) is 0 Å². The summed E-state index contributed by atoms with van der Waals surface area (Å²) < 4.78 is 23.7. The normalized spacial score (nSPS) is 12.3. The van der Waals surface area contributed by atoms with Gasteiger partial charge in [0.2, 0.25) is 5.91 Å². The van der Waals surface area contributed by atoms with E-state index in [1.807, 2.05) is 0 Å². The molecule has 0 aliphatic heterocycles. The number of halogens is 1. The van der Waals surface area contributed by atoms with E-state index < -0.39 is 9.84 Å². The van der Waals surface area contributed by atoms with Crippen molar-refractivity contribution in [2.24, 2.45) is 5.73 Å². The van der Waals surface area contributed by atoms with Crippen molar-refractivity contribution in [2.45, 2.75) is 24.3 Å². The van der Waals surface area contributed by atoms with Gasteiger partial charge in [0.15, 0.2) is 9.84 Å². The van der Waals surface area contributed by atoms with E-state index in [0.717, 1.165) is 0 Å². The minimum absolute atomic E-state index is 0. The molecule has 1 amide bonds. The van der Waals surface area contributed by atoms with Crippen LogP contribution in [-0.4, -0.2) is 32.7 Å². The van der Waals surface area contributed by atoms with Crippen LogP contribution in [0.4, 0.5) is 0 Å². The van der Waals surface area contributed by atoms with Gasteiger partial charge in [-0.3, -0.25) is 4.79 Å². The number of amides is 1. The predicted octanol–water partition coefficient (Wildman–Crippen LogP) is 0.736. The first-order valence-electron chi connectivity index (χ1n) is 5.72. The lowest BCUT2D eigenvalue weighted by molar-refractivity contribution is -0.121. The molecule has 108 valence electrons. The highest BCUT2D eigenvalue weighted by atomic mass is 35.5. The standard InChI is InChI=1S/C12H18N2O3S.ClH/c1-10(13)9-12(15)14-7-8-18(16,17)11-5-3-2-4-6-11;/h2-6,10H,7-9,13H2,1H3,(H,14,15);1H. The quantitative estimate of drug-likeness (QED) is 0.811. The third-order valence-electron chi connectivity index (χ3n) is 2.30. The van der Waals surface area contributed by atoms with E-state index in [2.05, 4.69) is 5.32 Å². The van der Waals surface area contributed by atoms with Gasteiger partial charge in [-0.05, 0) is 19.1 Å². The third-order valence-corrected chi connectivity index (χ3v) is 4.03. The first-order valence-corrected chi connectivity index (χ1v) is 7.37. The van der Waals surface area contributed by atoms with Crippen LogP contribution >= 0.6 is 12.4 Å². The Balaban J connectivity index is 0.00000324. The second-order valence-electron chi connectivity index (χ2n) is 4.16. The molecule has 0 radical (unpaired) electrons. The predicted molar refractivity (Wildman–Crippen MR) is 77.0 cm³/mol. The molecule has 0 saturated heterocycles. The molecule has 0 fully saturated rings. The highest BCUT2D eigenvalue weighted by molar-refractivity contribution is 7.91. The highest BCUT2D eigenvalue weighted by Gasteiger charge is 2.14.